The molecule has 1 aromatic heterocycles. The fraction of sp³-hybridized carbons (Fsp3) is 0.421. The van der Waals surface area contributed by atoms with Gasteiger partial charge in [0.25, 0.3) is 10.0 Å². The van der Waals surface area contributed by atoms with Crippen molar-refractivity contribution in [3.8, 4) is 11.5 Å². The first-order chi connectivity index (χ1) is 13.8. The van der Waals surface area contributed by atoms with Gasteiger partial charge in [0.05, 0.1) is 14.2 Å². The van der Waals surface area contributed by atoms with Crippen molar-refractivity contribution in [3.05, 3.63) is 40.8 Å². The Balaban J connectivity index is 1.54. The molecule has 1 fully saturated rings. The lowest BCUT2D eigenvalue weighted by molar-refractivity contribution is 0.172. The van der Waals surface area contributed by atoms with E-state index in [0.717, 1.165) is 10.4 Å². The summed E-state index contributed by atoms with van der Waals surface area (Å²) in [7, 11) is -0.363. The molecule has 1 aromatic carbocycles. The number of carbonyl (C=O) groups excluding carboxylic acids is 1. The number of urea groups is 1. The summed E-state index contributed by atoms with van der Waals surface area (Å²) in [6.45, 7) is 3.48. The van der Waals surface area contributed by atoms with Crippen LogP contribution in [-0.4, -0.2) is 64.1 Å². The molecule has 29 heavy (non-hydrogen) atoms. The van der Waals surface area contributed by atoms with Gasteiger partial charge >= 0.3 is 6.03 Å². The van der Waals surface area contributed by atoms with Crippen LogP contribution in [0.5, 0.6) is 11.5 Å². The number of hydrogen-bond donors (Lipinski definition) is 1. The third-order valence-corrected chi connectivity index (χ3v) is 8.09. The van der Waals surface area contributed by atoms with E-state index in [1.807, 2.05) is 19.1 Å². The lowest BCUT2D eigenvalue weighted by atomic mass is 10.2. The van der Waals surface area contributed by atoms with Crippen molar-refractivity contribution in [3.63, 3.8) is 0 Å². The van der Waals surface area contributed by atoms with Gasteiger partial charge in [0.2, 0.25) is 0 Å². The van der Waals surface area contributed by atoms with Gasteiger partial charge in [-0.3, -0.25) is 0 Å². The van der Waals surface area contributed by atoms with Crippen LogP contribution in [0.1, 0.15) is 10.4 Å². The number of thiophene rings is 1. The number of ether oxygens (including phenoxy) is 2. The van der Waals surface area contributed by atoms with Crippen molar-refractivity contribution in [2.75, 3.05) is 40.4 Å². The van der Waals surface area contributed by atoms with Crippen molar-refractivity contribution < 1.29 is 22.7 Å². The van der Waals surface area contributed by atoms with Crippen LogP contribution in [0.2, 0.25) is 0 Å². The van der Waals surface area contributed by atoms with Crippen LogP contribution in [0.3, 0.4) is 0 Å². The van der Waals surface area contributed by atoms with E-state index in [9.17, 15) is 13.2 Å². The van der Waals surface area contributed by atoms with E-state index in [4.69, 9.17) is 9.47 Å². The molecule has 1 aliphatic heterocycles. The molecule has 2 heterocycles. The maximum atomic E-state index is 12.7. The number of rotatable bonds is 6. The van der Waals surface area contributed by atoms with Crippen LogP contribution in [-0.2, 0) is 16.6 Å². The van der Waals surface area contributed by atoms with E-state index in [0.29, 0.717) is 35.3 Å². The van der Waals surface area contributed by atoms with Crippen LogP contribution in [0.15, 0.2) is 34.5 Å². The van der Waals surface area contributed by atoms with E-state index in [-0.39, 0.29) is 19.1 Å². The predicted molar refractivity (Wildman–Crippen MR) is 111 cm³/mol. The summed E-state index contributed by atoms with van der Waals surface area (Å²) in [5, 5.41) is 2.87. The van der Waals surface area contributed by atoms with Crippen LogP contribution in [0, 0.1) is 6.92 Å². The second-order valence-corrected chi connectivity index (χ2v) is 10.1. The molecule has 0 unspecified atom stereocenters. The Kier molecular flexibility index (Phi) is 6.66. The quantitative estimate of drug-likeness (QED) is 0.746. The smallest absolute Gasteiger partial charge is 0.317 e. The van der Waals surface area contributed by atoms with Gasteiger partial charge in [0.1, 0.15) is 4.21 Å². The molecular weight excluding hydrogens is 414 g/mol. The topological polar surface area (TPSA) is 88.2 Å². The van der Waals surface area contributed by atoms with E-state index < -0.39 is 10.0 Å². The summed E-state index contributed by atoms with van der Waals surface area (Å²) < 4.78 is 37.7. The first-order valence-corrected chi connectivity index (χ1v) is 11.4. The Morgan fingerprint density at radius 1 is 1.07 bits per heavy atom. The van der Waals surface area contributed by atoms with Crippen LogP contribution >= 0.6 is 11.3 Å². The normalized spacial score (nSPS) is 15.2. The van der Waals surface area contributed by atoms with Crippen molar-refractivity contribution in [2.45, 2.75) is 17.7 Å². The molecule has 0 saturated carbocycles. The number of amides is 2. The minimum atomic E-state index is -3.49. The Morgan fingerprint density at radius 2 is 1.76 bits per heavy atom. The molecule has 1 N–H and O–H groups in total. The van der Waals surface area contributed by atoms with Gasteiger partial charge in [-0.05, 0) is 36.8 Å². The average Bonchev–Trinajstić information content (AvgIpc) is 3.19. The number of carbonyl (C=O) groups is 1. The first kappa shape index (κ1) is 21.4. The van der Waals surface area contributed by atoms with Crippen LogP contribution < -0.4 is 14.8 Å². The second kappa shape index (κ2) is 9.02. The van der Waals surface area contributed by atoms with Crippen LogP contribution in [0.4, 0.5) is 4.79 Å². The molecule has 3 rings (SSSR count). The van der Waals surface area contributed by atoms with E-state index >= 15 is 0 Å². The molecule has 0 aliphatic carbocycles. The van der Waals surface area contributed by atoms with Gasteiger partial charge in [-0.1, -0.05) is 6.07 Å². The number of methoxy groups -OCH3 is 2. The standard InChI is InChI=1S/C19H25N3O5S2/c1-14-4-7-18(28-14)29(24,25)22-10-8-21(9-11-22)19(23)20-13-15-5-6-16(26-2)17(12-15)27-3/h4-7,12H,8-11,13H2,1-3H3,(H,20,23). The largest absolute Gasteiger partial charge is 0.493 e. The third-order valence-electron chi connectivity index (χ3n) is 4.73. The molecule has 0 spiro atoms. The van der Waals surface area contributed by atoms with Gasteiger partial charge in [-0.25, -0.2) is 13.2 Å². The van der Waals surface area contributed by atoms with Gasteiger partial charge in [0, 0.05) is 37.6 Å². The number of benzene rings is 1. The number of sulfonamides is 1. The minimum Gasteiger partial charge on any atom is -0.493 e. The summed E-state index contributed by atoms with van der Waals surface area (Å²) in [5.74, 6) is 1.22. The highest BCUT2D eigenvalue weighted by molar-refractivity contribution is 7.91. The van der Waals surface area contributed by atoms with Crippen LogP contribution in [0.25, 0.3) is 0 Å². The Morgan fingerprint density at radius 3 is 2.34 bits per heavy atom. The number of nitrogens with zero attached hydrogens (tertiary/aromatic N) is 2. The molecule has 0 bridgehead atoms. The van der Waals surface area contributed by atoms with E-state index in [2.05, 4.69) is 5.32 Å². The number of hydrogen-bond acceptors (Lipinski definition) is 6. The summed E-state index contributed by atoms with van der Waals surface area (Å²) in [6.07, 6.45) is 0. The SMILES string of the molecule is COc1ccc(CNC(=O)N2CCN(S(=O)(=O)c3ccc(C)s3)CC2)cc1OC. The number of aryl methyl sites for hydroxylation is 1. The Bertz CT molecular complexity index is 966. The number of nitrogens with one attached hydrogen (secondary N) is 1. The van der Waals surface area contributed by atoms with E-state index in [1.54, 1.807) is 37.3 Å². The highest BCUT2D eigenvalue weighted by atomic mass is 32.2. The van der Waals surface area contributed by atoms with Crippen molar-refractivity contribution in [2.24, 2.45) is 0 Å². The molecule has 0 atom stereocenters. The molecular formula is C19H25N3O5S2. The summed E-state index contributed by atoms with van der Waals surface area (Å²) >= 11 is 1.27. The van der Waals surface area contributed by atoms with Gasteiger partial charge in [-0.2, -0.15) is 4.31 Å². The summed E-state index contributed by atoms with van der Waals surface area (Å²) in [4.78, 5) is 15.1. The van der Waals surface area contributed by atoms with Gasteiger partial charge < -0.3 is 19.7 Å². The fourth-order valence-corrected chi connectivity index (χ4v) is 5.95. The lowest BCUT2D eigenvalue weighted by Gasteiger charge is -2.33. The molecule has 0 radical (unpaired) electrons. The maximum Gasteiger partial charge on any atom is 0.317 e. The molecule has 10 heteroatoms. The molecule has 2 amide bonds. The predicted octanol–water partition coefficient (Wildman–Crippen LogP) is 2.29. The average molecular weight is 440 g/mol. The van der Waals surface area contributed by atoms with Gasteiger partial charge in [0.15, 0.2) is 11.5 Å². The zero-order valence-electron chi connectivity index (χ0n) is 16.7. The van der Waals surface area contributed by atoms with Crippen molar-refractivity contribution in [1.82, 2.24) is 14.5 Å². The van der Waals surface area contributed by atoms with E-state index in [1.165, 1.54) is 15.6 Å². The van der Waals surface area contributed by atoms with Crippen molar-refractivity contribution in [1.29, 1.82) is 0 Å². The Labute approximate surface area is 175 Å². The summed E-state index contributed by atoms with van der Waals surface area (Å²) in [5.41, 5.74) is 0.880. The highest BCUT2D eigenvalue weighted by Gasteiger charge is 2.30. The maximum absolute atomic E-state index is 12.7. The number of piperazine rings is 1. The molecule has 2 aromatic rings. The fourth-order valence-electron chi connectivity index (χ4n) is 3.09. The first-order valence-electron chi connectivity index (χ1n) is 9.15. The molecule has 1 saturated heterocycles. The monoisotopic (exact) mass is 439 g/mol. The van der Waals surface area contributed by atoms with Crippen molar-refractivity contribution >= 4 is 27.4 Å². The van der Waals surface area contributed by atoms with Gasteiger partial charge in [-0.15, -0.1) is 11.3 Å². The Hall–Kier alpha value is -2.30. The second-order valence-electron chi connectivity index (χ2n) is 6.60. The molecule has 8 nitrogen and oxygen atoms in total. The highest BCUT2D eigenvalue weighted by Crippen LogP contribution is 2.27. The molecule has 1 aliphatic rings. The lowest BCUT2D eigenvalue weighted by Crippen LogP contribution is -2.52. The minimum absolute atomic E-state index is 0.219. The zero-order valence-corrected chi connectivity index (χ0v) is 18.3. The zero-order chi connectivity index (χ0) is 21.0. The summed E-state index contributed by atoms with van der Waals surface area (Å²) in [6, 6.07) is 8.68. The third kappa shape index (κ3) is 4.82. The molecule has 158 valence electrons.